The molecule has 0 unspecified atom stereocenters. The molecule has 1 aromatic heterocycles. The molecule has 0 radical (unpaired) electrons. The Morgan fingerprint density at radius 3 is 1.62 bits per heavy atom. The van der Waals surface area contributed by atoms with Gasteiger partial charge in [-0.3, -0.25) is 0 Å². The fraction of sp³-hybridized carbons (Fsp3) is 0. The molecule has 9 aromatic carbocycles. The lowest BCUT2D eigenvalue weighted by Crippen LogP contribution is -2.11. The minimum absolute atomic E-state index is 0.868. The molecule has 2 nitrogen and oxygen atoms in total. The molecule has 12 rings (SSSR count). The van der Waals surface area contributed by atoms with Crippen LogP contribution in [0.25, 0.3) is 99.8 Å². The summed E-state index contributed by atoms with van der Waals surface area (Å²) >= 11 is 0. The molecule has 56 heavy (non-hydrogen) atoms. The van der Waals surface area contributed by atoms with Gasteiger partial charge in [-0.1, -0.05) is 164 Å². The Labute approximate surface area is 325 Å². The first-order valence-corrected chi connectivity index (χ1v) is 19.3. The highest BCUT2D eigenvalue weighted by Gasteiger charge is 2.31. The van der Waals surface area contributed by atoms with Gasteiger partial charge in [0.15, 0.2) is 5.58 Å². The fourth-order valence-corrected chi connectivity index (χ4v) is 9.33. The third-order valence-corrected chi connectivity index (χ3v) is 11.8. The molecule has 2 heteroatoms. The van der Waals surface area contributed by atoms with E-state index in [1.807, 2.05) is 6.07 Å². The van der Waals surface area contributed by atoms with Gasteiger partial charge in [0.25, 0.3) is 0 Å². The average Bonchev–Trinajstić information content (AvgIpc) is 3.61. The quantitative estimate of drug-likeness (QED) is 0.177. The molecule has 0 N–H and O–H groups in total. The summed E-state index contributed by atoms with van der Waals surface area (Å²) in [6.07, 6.45) is 0. The number of para-hydroxylation sites is 3. The molecular weight excluding hydrogens is 679 g/mol. The van der Waals surface area contributed by atoms with Crippen molar-refractivity contribution in [2.24, 2.45) is 0 Å². The Morgan fingerprint density at radius 1 is 0.304 bits per heavy atom. The van der Waals surface area contributed by atoms with E-state index >= 15 is 0 Å². The molecular formula is C54H33NO. The maximum atomic E-state index is 6.66. The third kappa shape index (κ3) is 4.50. The zero-order chi connectivity index (χ0) is 36.7. The van der Waals surface area contributed by atoms with Crippen molar-refractivity contribution in [1.29, 1.82) is 0 Å². The van der Waals surface area contributed by atoms with Gasteiger partial charge in [-0.15, -0.1) is 0 Å². The molecule has 0 atom stereocenters. The topological polar surface area (TPSA) is 16.4 Å². The predicted molar refractivity (Wildman–Crippen MR) is 234 cm³/mol. The summed E-state index contributed by atoms with van der Waals surface area (Å²) in [5.74, 6) is 0. The summed E-state index contributed by atoms with van der Waals surface area (Å²) < 4.78 is 6.66. The molecule has 0 fully saturated rings. The van der Waals surface area contributed by atoms with E-state index in [1.54, 1.807) is 0 Å². The monoisotopic (exact) mass is 711 g/mol. The van der Waals surface area contributed by atoms with E-state index in [2.05, 4.69) is 199 Å². The highest BCUT2D eigenvalue weighted by Crippen LogP contribution is 2.57. The van der Waals surface area contributed by atoms with Gasteiger partial charge in [0.2, 0.25) is 0 Å². The molecule has 2 aliphatic rings. The van der Waals surface area contributed by atoms with E-state index in [1.165, 1.54) is 66.8 Å². The van der Waals surface area contributed by atoms with Crippen LogP contribution in [0.4, 0.5) is 17.1 Å². The zero-order valence-corrected chi connectivity index (χ0v) is 30.4. The SMILES string of the molecule is c1ccc(-c2ccccc2N(c2ccc(-c3ccc4c(c3)-c3c5cccc3-c3cccc-4c3-c3ccccc3-5)cc2)c2cccc3c2oc2ccccc23)cc1. The van der Waals surface area contributed by atoms with Crippen LogP contribution in [0.1, 0.15) is 0 Å². The van der Waals surface area contributed by atoms with E-state index in [4.69, 9.17) is 4.42 Å². The molecule has 0 saturated heterocycles. The summed E-state index contributed by atoms with van der Waals surface area (Å²) in [5.41, 5.74) is 22.6. The second-order valence-corrected chi connectivity index (χ2v) is 14.8. The Morgan fingerprint density at radius 2 is 0.839 bits per heavy atom. The van der Waals surface area contributed by atoms with Gasteiger partial charge in [0.1, 0.15) is 5.58 Å². The lowest BCUT2D eigenvalue weighted by atomic mass is 9.83. The van der Waals surface area contributed by atoms with Crippen molar-refractivity contribution < 1.29 is 4.42 Å². The molecule has 260 valence electrons. The lowest BCUT2D eigenvalue weighted by molar-refractivity contribution is 0.669. The molecule has 0 saturated carbocycles. The molecule has 1 heterocycles. The largest absolute Gasteiger partial charge is 0.454 e. The molecule has 2 aliphatic carbocycles. The maximum absolute atomic E-state index is 6.66. The van der Waals surface area contributed by atoms with Gasteiger partial charge < -0.3 is 9.32 Å². The van der Waals surface area contributed by atoms with Crippen molar-refractivity contribution in [2.45, 2.75) is 0 Å². The van der Waals surface area contributed by atoms with Gasteiger partial charge in [0.05, 0.1) is 11.4 Å². The van der Waals surface area contributed by atoms with Crippen LogP contribution >= 0.6 is 0 Å². The Balaban J connectivity index is 1.03. The first-order chi connectivity index (χ1) is 27.8. The standard InChI is InChI=1S/C54H33NO/c1-2-13-35(14-3-1)38-15-6-8-24-49(38)55(50-25-12-23-47-41-17-7-9-26-51(41)56-54(47)50)37-30-27-34(28-31-37)36-29-32-40-44-20-11-21-45-46-22-10-19-43(53(46)48(40)33-36)39-16-4-5-18-42(39)52(44)45/h1-33H. The van der Waals surface area contributed by atoms with Crippen LogP contribution in [-0.4, -0.2) is 0 Å². The number of fused-ring (bicyclic) bond motifs is 7. The van der Waals surface area contributed by atoms with Crippen LogP contribution < -0.4 is 4.90 Å². The van der Waals surface area contributed by atoms with E-state index in [9.17, 15) is 0 Å². The Kier molecular flexibility index (Phi) is 6.66. The smallest absolute Gasteiger partial charge is 0.159 e. The van der Waals surface area contributed by atoms with E-state index < -0.39 is 0 Å². The Bertz CT molecular complexity index is 3170. The molecule has 6 bridgehead atoms. The normalized spacial score (nSPS) is 11.9. The number of rotatable bonds is 5. The van der Waals surface area contributed by atoms with Crippen molar-refractivity contribution in [1.82, 2.24) is 0 Å². The average molecular weight is 712 g/mol. The van der Waals surface area contributed by atoms with Crippen molar-refractivity contribution >= 4 is 39.0 Å². The third-order valence-electron chi connectivity index (χ3n) is 11.8. The summed E-state index contributed by atoms with van der Waals surface area (Å²) in [5, 5.41) is 2.22. The van der Waals surface area contributed by atoms with Crippen LogP contribution in [-0.2, 0) is 0 Å². The minimum Gasteiger partial charge on any atom is -0.454 e. The number of nitrogens with zero attached hydrogens (tertiary/aromatic N) is 1. The van der Waals surface area contributed by atoms with Gasteiger partial charge in [0, 0.05) is 22.0 Å². The van der Waals surface area contributed by atoms with Crippen molar-refractivity contribution in [3.8, 4) is 77.9 Å². The van der Waals surface area contributed by atoms with E-state index in [-0.39, 0.29) is 0 Å². The highest BCUT2D eigenvalue weighted by molar-refractivity contribution is 6.15. The van der Waals surface area contributed by atoms with Gasteiger partial charge >= 0.3 is 0 Å². The minimum atomic E-state index is 0.868. The van der Waals surface area contributed by atoms with Crippen LogP contribution in [0, 0.1) is 0 Å². The van der Waals surface area contributed by atoms with E-state index in [0.29, 0.717) is 0 Å². The van der Waals surface area contributed by atoms with Crippen molar-refractivity contribution in [3.05, 3.63) is 200 Å². The molecule has 0 amide bonds. The first-order valence-electron chi connectivity index (χ1n) is 19.3. The first kappa shape index (κ1) is 31.0. The summed E-state index contributed by atoms with van der Waals surface area (Å²) in [6, 6.07) is 72.7. The summed E-state index contributed by atoms with van der Waals surface area (Å²) in [4.78, 5) is 2.36. The van der Waals surface area contributed by atoms with Crippen LogP contribution in [0.5, 0.6) is 0 Å². The zero-order valence-electron chi connectivity index (χ0n) is 30.4. The van der Waals surface area contributed by atoms with Gasteiger partial charge in [-0.05, 0) is 109 Å². The van der Waals surface area contributed by atoms with Crippen molar-refractivity contribution in [2.75, 3.05) is 4.90 Å². The van der Waals surface area contributed by atoms with Crippen LogP contribution in [0.3, 0.4) is 0 Å². The molecule has 0 spiro atoms. The highest BCUT2D eigenvalue weighted by atomic mass is 16.3. The summed E-state index contributed by atoms with van der Waals surface area (Å²) in [7, 11) is 0. The molecule has 10 aromatic rings. The summed E-state index contributed by atoms with van der Waals surface area (Å²) in [6.45, 7) is 0. The number of hydrogen-bond donors (Lipinski definition) is 0. The number of furan rings is 1. The maximum Gasteiger partial charge on any atom is 0.159 e. The van der Waals surface area contributed by atoms with Gasteiger partial charge in [-0.2, -0.15) is 0 Å². The predicted octanol–water partition coefficient (Wildman–Crippen LogP) is 15.4. The fourth-order valence-electron chi connectivity index (χ4n) is 9.33. The molecule has 0 aliphatic heterocycles. The number of anilines is 3. The van der Waals surface area contributed by atoms with Crippen molar-refractivity contribution in [3.63, 3.8) is 0 Å². The number of hydrogen-bond acceptors (Lipinski definition) is 2. The van der Waals surface area contributed by atoms with Crippen LogP contribution in [0.15, 0.2) is 205 Å². The second kappa shape index (κ2) is 12.0. The lowest BCUT2D eigenvalue weighted by Gasteiger charge is -2.28. The van der Waals surface area contributed by atoms with E-state index in [0.717, 1.165) is 50.1 Å². The van der Waals surface area contributed by atoms with Gasteiger partial charge in [-0.25, -0.2) is 0 Å². The second-order valence-electron chi connectivity index (χ2n) is 14.8. The number of benzene rings is 9. The Hall–Kier alpha value is -7.42. The van der Waals surface area contributed by atoms with Crippen LogP contribution in [0.2, 0.25) is 0 Å².